The molecule has 1 heterocycles. The number of hydrogen-bond donors (Lipinski definition) is 1. The van der Waals surface area contributed by atoms with Crippen LogP contribution < -0.4 is 5.32 Å². The van der Waals surface area contributed by atoms with Gasteiger partial charge in [0.15, 0.2) is 5.13 Å². The van der Waals surface area contributed by atoms with E-state index in [1.807, 2.05) is 24.4 Å². The fourth-order valence-corrected chi connectivity index (χ4v) is 3.34. The molecule has 96 valence electrons. The number of hydrogen-bond acceptors (Lipinski definition) is 4. The first-order chi connectivity index (χ1) is 8.70. The summed E-state index contributed by atoms with van der Waals surface area (Å²) in [6.07, 6.45) is 1.85. The van der Waals surface area contributed by atoms with Crippen molar-refractivity contribution < 1.29 is 4.74 Å². The van der Waals surface area contributed by atoms with Crippen LogP contribution in [-0.2, 0) is 4.74 Å². The van der Waals surface area contributed by atoms with Gasteiger partial charge in [-0.1, -0.05) is 44.9 Å². The molecule has 0 spiro atoms. The van der Waals surface area contributed by atoms with Crippen molar-refractivity contribution in [2.75, 3.05) is 25.6 Å². The molecule has 0 aliphatic carbocycles. The van der Waals surface area contributed by atoms with Crippen LogP contribution in [0.15, 0.2) is 28.9 Å². The summed E-state index contributed by atoms with van der Waals surface area (Å²) in [5.41, 5.74) is 1.09. The molecule has 0 saturated heterocycles. The van der Waals surface area contributed by atoms with Gasteiger partial charge in [-0.25, -0.2) is 4.98 Å². The molecule has 0 fully saturated rings. The molecule has 3 nitrogen and oxygen atoms in total. The molecule has 0 atom stereocenters. The molecular formula is C12H12BrClN2OS. The lowest BCUT2D eigenvalue weighted by Crippen LogP contribution is -2.06. The van der Waals surface area contributed by atoms with Gasteiger partial charge in [0.2, 0.25) is 0 Å². The Morgan fingerprint density at radius 1 is 1.50 bits per heavy atom. The van der Waals surface area contributed by atoms with Gasteiger partial charge in [0.1, 0.15) is 0 Å². The second-order valence-electron chi connectivity index (χ2n) is 3.57. The molecule has 1 aromatic heterocycles. The monoisotopic (exact) mass is 346 g/mol. The van der Waals surface area contributed by atoms with Crippen LogP contribution in [0.3, 0.4) is 0 Å². The maximum atomic E-state index is 5.93. The fourth-order valence-electron chi connectivity index (χ4n) is 1.43. The van der Waals surface area contributed by atoms with E-state index in [1.165, 1.54) is 0 Å². The van der Waals surface area contributed by atoms with Gasteiger partial charge in [-0.3, -0.25) is 0 Å². The van der Waals surface area contributed by atoms with Crippen molar-refractivity contribution in [3.8, 4) is 10.4 Å². The van der Waals surface area contributed by atoms with E-state index < -0.39 is 0 Å². The van der Waals surface area contributed by atoms with Gasteiger partial charge in [-0.15, -0.1) is 0 Å². The van der Waals surface area contributed by atoms with Gasteiger partial charge in [-0.05, 0) is 12.1 Å². The van der Waals surface area contributed by atoms with E-state index in [-0.39, 0.29) is 0 Å². The minimum absolute atomic E-state index is 0.666. The second-order valence-corrected chi connectivity index (χ2v) is 5.89. The Bertz CT molecular complexity index is 533. The smallest absolute Gasteiger partial charge is 0.183 e. The molecular weight excluding hydrogens is 336 g/mol. The predicted octanol–water partition coefficient (Wildman–Crippen LogP) is 4.28. The van der Waals surface area contributed by atoms with Crippen molar-refractivity contribution in [2.45, 2.75) is 0 Å². The zero-order valence-electron chi connectivity index (χ0n) is 9.74. The molecule has 0 aliphatic heterocycles. The van der Waals surface area contributed by atoms with Crippen molar-refractivity contribution in [1.82, 2.24) is 4.98 Å². The van der Waals surface area contributed by atoms with Crippen molar-refractivity contribution in [3.63, 3.8) is 0 Å². The third kappa shape index (κ3) is 3.45. The molecule has 0 bridgehead atoms. The fraction of sp³-hybridized carbons (Fsp3) is 0.250. The molecule has 6 heteroatoms. The van der Waals surface area contributed by atoms with Crippen LogP contribution >= 0.6 is 38.9 Å². The quantitative estimate of drug-likeness (QED) is 0.820. The van der Waals surface area contributed by atoms with Crippen LogP contribution in [0.25, 0.3) is 10.4 Å². The van der Waals surface area contributed by atoms with E-state index in [0.29, 0.717) is 11.6 Å². The first-order valence-corrected chi connectivity index (χ1v) is 7.33. The molecule has 0 amide bonds. The number of ether oxygens (including phenoxy) is 1. The Kier molecular flexibility index (Phi) is 5.00. The average Bonchev–Trinajstić information content (AvgIpc) is 2.78. The lowest BCUT2D eigenvalue weighted by atomic mass is 10.2. The minimum atomic E-state index is 0.666. The molecule has 0 aliphatic rings. The Hall–Kier alpha value is -0.620. The Labute approximate surface area is 123 Å². The molecule has 1 aromatic carbocycles. The first kappa shape index (κ1) is 13.8. The third-order valence-electron chi connectivity index (χ3n) is 2.28. The number of nitrogens with zero attached hydrogens (tertiary/aromatic N) is 1. The summed E-state index contributed by atoms with van der Waals surface area (Å²) in [6, 6.07) is 5.74. The van der Waals surface area contributed by atoms with Gasteiger partial charge >= 0.3 is 0 Å². The number of methoxy groups -OCH3 is 1. The summed E-state index contributed by atoms with van der Waals surface area (Å²) >= 11 is 11.0. The highest BCUT2D eigenvalue weighted by molar-refractivity contribution is 9.10. The van der Waals surface area contributed by atoms with Gasteiger partial charge in [-0.2, -0.15) is 0 Å². The van der Waals surface area contributed by atoms with E-state index >= 15 is 0 Å². The molecule has 2 aromatic rings. The molecule has 0 saturated carbocycles. The number of rotatable bonds is 5. The van der Waals surface area contributed by atoms with Gasteiger partial charge in [0, 0.05) is 34.9 Å². The molecule has 0 radical (unpaired) electrons. The Morgan fingerprint density at radius 2 is 2.33 bits per heavy atom. The van der Waals surface area contributed by atoms with E-state index in [1.54, 1.807) is 18.4 Å². The van der Waals surface area contributed by atoms with E-state index in [0.717, 1.165) is 26.6 Å². The van der Waals surface area contributed by atoms with Gasteiger partial charge < -0.3 is 10.1 Å². The van der Waals surface area contributed by atoms with Crippen LogP contribution in [0.2, 0.25) is 5.02 Å². The van der Waals surface area contributed by atoms with Crippen LogP contribution in [0.1, 0.15) is 0 Å². The van der Waals surface area contributed by atoms with Gasteiger partial charge in [0.25, 0.3) is 0 Å². The van der Waals surface area contributed by atoms with Crippen molar-refractivity contribution in [2.24, 2.45) is 0 Å². The summed E-state index contributed by atoms with van der Waals surface area (Å²) in [4.78, 5) is 5.42. The normalized spacial score (nSPS) is 10.6. The molecule has 18 heavy (non-hydrogen) atoms. The van der Waals surface area contributed by atoms with E-state index in [4.69, 9.17) is 16.3 Å². The Morgan fingerprint density at radius 3 is 3.06 bits per heavy atom. The summed E-state index contributed by atoms with van der Waals surface area (Å²) in [7, 11) is 1.68. The van der Waals surface area contributed by atoms with Crippen LogP contribution in [0.4, 0.5) is 5.13 Å². The lowest BCUT2D eigenvalue weighted by molar-refractivity contribution is 0.211. The largest absolute Gasteiger partial charge is 0.383 e. The number of anilines is 1. The van der Waals surface area contributed by atoms with E-state index in [2.05, 4.69) is 26.2 Å². The standard InChI is InChI=1S/C12H12BrClN2OS/c1-17-5-4-15-12-16-7-11(18-12)9-3-2-8(14)6-10(9)13/h2-3,6-7H,4-5H2,1H3,(H,15,16). The summed E-state index contributed by atoms with van der Waals surface area (Å²) in [5, 5.41) is 4.82. The van der Waals surface area contributed by atoms with Crippen molar-refractivity contribution in [3.05, 3.63) is 33.9 Å². The molecule has 2 rings (SSSR count). The minimum Gasteiger partial charge on any atom is -0.383 e. The zero-order chi connectivity index (χ0) is 13.0. The van der Waals surface area contributed by atoms with Gasteiger partial charge in [0.05, 0.1) is 11.5 Å². The van der Waals surface area contributed by atoms with Crippen LogP contribution in [0.5, 0.6) is 0 Å². The highest BCUT2D eigenvalue weighted by atomic mass is 79.9. The highest BCUT2D eigenvalue weighted by Crippen LogP contribution is 2.35. The van der Waals surface area contributed by atoms with E-state index in [9.17, 15) is 0 Å². The molecule has 1 N–H and O–H groups in total. The first-order valence-electron chi connectivity index (χ1n) is 5.35. The van der Waals surface area contributed by atoms with Crippen molar-refractivity contribution >= 4 is 44.0 Å². The highest BCUT2D eigenvalue weighted by Gasteiger charge is 2.08. The third-order valence-corrected chi connectivity index (χ3v) is 4.16. The van der Waals surface area contributed by atoms with Crippen LogP contribution in [0, 0.1) is 0 Å². The number of aromatic nitrogens is 1. The number of benzene rings is 1. The zero-order valence-corrected chi connectivity index (χ0v) is 12.9. The maximum absolute atomic E-state index is 5.93. The Balaban J connectivity index is 2.13. The second kappa shape index (κ2) is 6.52. The number of halogens is 2. The molecule has 0 unspecified atom stereocenters. The summed E-state index contributed by atoms with van der Waals surface area (Å²) < 4.78 is 5.95. The predicted molar refractivity (Wildman–Crippen MR) is 80.6 cm³/mol. The summed E-state index contributed by atoms with van der Waals surface area (Å²) in [5.74, 6) is 0. The number of nitrogens with one attached hydrogen (secondary N) is 1. The lowest BCUT2D eigenvalue weighted by Gasteiger charge is -2.01. The topological polar surface area (TPSA) is 34.1 Å². The van der Waals surface area contributed by atoms with Crippen LogP contribution in [-0.4, -0.2) is 25.2 Å². The number of thiazole rings is 1. The SMILES string of the molecule is COCCNc1ncc(-c2ccc(Cl)cc2Br)s1. The van der Waals surface area contributed by atoms with Crippen molar-refractivity contribution in [1.29, 1.82) is 0 Å². The average molecular weight is 348 g/mol. The maximum Gasteiger partial charge on any atom is 0.183 e. The summed E-state index contributed by atoms with van der Waals surface area (Å²) in [6.45, 7) is 1.42.